The molecule has 0 saturated carbocycles. The van der Waals surface area contributed by atoms with Crippen LogP contribution in [0.5, 0.6) is 0 Å². The van der Waals surface area contributed by atoms with E-state index in [2.05, 4.69) is 28.4 Å². The molecule has 0 spiro atoms. The van der Waals surface area contributed by atoms with Crippen molar-refractivity contribution in [3.63, 3.8) is 0 Å². The van der Waals surface area contributed by atoms with Gasteiger partial charge in [-0.1, -0.05) is 31.6 Å². The standard InChI is InChI=1S/C10H19N3/c1-2-4-6-8-10-12-13-11-9-7-5-3-1/h11-13H,1-7,9H2. The third-order valence-corrected chi connectivity index (χ3v) is 2.16. The van der Waals surface area contributed by atoms with Gasteiger partial charge in [0.05, 0.1) is 0 Å². The maximum atomic E-state index is 3.06. The number of hydrogen-bond donors (Lipinski definition) is 3. The molecule has 1 aliphatic rings. The van der Waals surface area contributed by atoms with Gasteiger partial charge in [0.15, 0.2) is 0 Å². The third-order valence-electron chi connectivity index (χ3n) is 2.16. The van der Waals surface area contributed by atoms with Crippen molar-refractivity contribution >= 4 is 0 Å². The van der Waals surface area contributed by atoms with Crippen LogP contribution in [0.4, 0.5) is 0 Å². The number of hydrazine groups is 2. The Morgan fingerprint density at radius 3 is 2.54 bits per heavy atom. The first-order valence-electron chi connectivity index (χ1n) is 5.21. The fourth-order valence-electron chi connectivity index (χ4n) is 1.38. The largest absolute Gasteiger partial charge is 0.267 e. The molecule has 3 nitrogen and oxygen atoms in total. The first-order valence-corrected chi connectivity index (χ1v) is 5.21. The van der Waals surface area contributed by atoms with Crippen LogP contribution in [0.15, 0.2) is 0 Å². The van der Waals surface area contributed by atoms with Gasteiger partial charge in [-0.05, 0) is 12.8 Å². The Bertz CT molecular complexity index is 153. The average molecular weight is 181 g/mol. The smallest absolute Gasteiger partial charge is 0.0213 e. The van der Waals surface area contributed by atoms with Gasteiger partial charge >= 0.3 is 0 Å². The number of hydrogen-bond acceptors (Lipinski definition) is 3. The van der Waals surface area contributed by atoms with Gasteiger partial charge in [-0.3, -0.25) is 5.43 Å². The highest BCUT2D eigenvalue weighted by Gasteiger charge is 1.91. The fraction of sp³-hybridized carbons (Fsp3) is 0.800. The lowest BCUT2D eigenvalue weighted by Gasteiger charge is -2.04. The summed E-state index contributed by atoms with van der Waals surface area (Å²) in [6, 6.07) is 2.85. The van der Waals surface area contributed by atoms with E-state index in [4.69, 9.17) is 0 Å². The lowest BCUT2D eigenvalue weighted by molar-refractivity contribution is 0.475. The molecule has 1 aliphatic heterocycles. The van der Waals surface area contributed by atoms with Gasteiger partial charge in [0.25, 0.3) is 0 Å². The second-order valence-electron chi connectivity index (χ2n) is 3.35. The van der Waals surface area contributed by atoms with E-state index in [1.54, 1.807) is 0 Å². The SMILES string of the molecule is C1#CNNNCCCCCCCC1. The second kappa shape index (κ2) is 7.90. The molecule has 0 aromatic heterocycles. The summed E-state index contributed by atoms with van der Waals surface area (Å²) >= 11 is 0. The van der Waals surface area contributed by atoms with Gasteiger partial charge in [-0.15, -0.1) is 0 Å². The first kappa shape index (κ1) is 10.4. The monoisotopic (exact) mass is 181 g/mol. The summed E-state index contributed by atoms with van der Waals surface area (Å²) in [4.78, 5) is 0. The molecule has 13 heavy (non-hydrogen) atoms. The minimum absolute atomic E-state index is 1.01. The maximum Gasteiger partial charge on any atom is 0.0213 e. The van der Waals surface area contributed by atoms with Crippen molar-refractivity contribution in [3.8, 4) is 12.0 Å². The Labute approximate surface area is 80.6 Å². The third kappa shape index (κ3) is 6.44. The van der Waals surface area contributed by atoms with Crippen molar-refractivity contribution in [2.24, 2.45) is 0 Å². The summed E-state index contributed by atoms with van der Waals surface area (Å²) in [6.45, 7) is 1.01. The molecule has 0 aromatic rings. The van der Waals surface area contributed by atoms with Gasteiger partial charge in [0.2, 0.25) is 0 Å². The van der Waals surface area contributed by atoms with Gasteiger partial charge in [-0.25, -0.2) is 5.43 Å². The van der Waals surface area contributed by atoms with Gasteiger partial charge in [0, 0.05) is 19.0 Å². The quantitative estimate of drug-likeness (QED) is 0.493. The average Bonchev–Trinajstić information content (AvgIpc) is 2.18. The van der Waals surface area contributed by atoms with Crippen LogP contribution < -0.4 is 16.4 Å². The van der Waals surface area contributed by atoms with Gasteiger partial charge in [-0.2, -0.15) is 5.53 Å². The van der Waals surface area contributed by atoms with E-state index in [1.807, 2.05) is 0 Å². The molecular formula is C10H19N3. The highest BCUT2D eigenvalue weighted by Crippen LogP contribution is 2.06. The highest BCUT2D eigenvalue weighted by atomic mass is 15.6. The predicted molar refractivity (Wildman–Crippen MR) is 54.4 cm³/mol. The molecule has 1 rings (SSSR count). The van der Waals surface area contributed by atoms with Crippen LogP contribution in [0.2, 0.25) is 0 Å². The van der Waals surface area contributed by atoms with E-state index in [0.717, 1.165) is 13.0 Å². The van der Waals surface area contributed by atoms with Crippen molar-refractivity contribution in [3.05, 3.63) is 0 Å². The molecule has 1 heterocycles. The van der Waals surface area contributed by atoms with E-state index in [0.29, 0.717) is 0 Å². The molecule has 0 bridgehead atoms. The maximum absolute atomic E-state index is 3.06. The summed E-state index contributed by atoms with van der Waals surface area (Å²) < 4.78 is 0. The fourth-order valence-corrected chi connectivity index (χ4v) is 1.38. The summed E-state index contributed by atoms with van der Waals surface area (Å²) in [5, 5.41) is 0. The van der Waals surface area contributed by atoms with Crippen molar-refractivity contribution in [2.75, 3.05) is 6.54 Å². The minimum Gasteiger partial charge on any atom is -0.267 e. The molecule has 0 saturated heterocycles. The van der Waals surface area contributed by atoms with Crippen LogP contribution in [0, 0.1) is 12.0 Å². The van der Waals surface area contributed by atoms with Crippen molar-refractivity contribution < 1.29 is 0 Å². The van der Waals surface area contributed by atoms with E-state index in [9.17, 15) is 0 Å². The summed E-state index contributed by atoms with van der Waals surface area (Å²) in [5.74, 6) is 3.06. The van der Waals surface area contributed by atoms with E-state index >= 15 is 0 Å². The molecule has 0 unspecified atom stereocenters. The van der Waals surface area contributed by atoms with Crippen molar-refractivity contribution in [2.45, 2.75) is 44.9 Å². The molecule has 0 fully saturated rings. The lowest BCUT2D eigenvalue weighted by atomic mass is 10.1. The van der Waals surface area contributed by atoms with Crippen molar-refractivity contribution in [1.29, 1.82) is 0 Å². The van der Waals surface area contributed by atoms with E-state index < -0.39 is 0 Å². The zero-order chi connectivity index (χ0) is 9.19. The Kier molecular flexibility index (Phi) is 6.30. The molecule has 0 radical (unpaired) electrons. The van der Waals surface area contributed by atoms with Crippen molar-refractivity contribution in [1.82, 2.24) is 16.4 Å². The molecule has 3 N–H and O–H groups in total. The van der Waals surface area contributed by atoms with Gasteiger partial charge < -0.3 is 0 Å². The van der Waals surface area contributed by atoms with Crippen LogP contribution in [0.3, 0.4) is 0 Å². The summed E-state index contributed by atoms with van der Waals surface area (Å²) in [5.41, 5.74) is 8.71. The second-order valence-corrected chi connectivity index (χ2v) is 3.35. The number of nitrogens with one attached hydrogen (secondary N) is 3. The van der Waals surface area contributed by atoms with Crippen LogP contribution in [0.25, 0.3) is 0 Å². The van der Waals surface area contributed by atoms with Crippen LogP contribution >= 0.6 is 0 Å². The number of rotatable bonds is 0. The Morgan fingerprint density at radius 2 is 1.62 bits per heavy atom. The molecule has 3 heteroatoms. The molecule has 0 aromatic carbocycles. The molecule has 74 valence electrons. The summed E-state index contributed by atoms with van der Waals surface area (Å²) in [6.07, 6.45) is 8.87. The zero-order valence-electron chi connectivity index (χ0n) is 8.16. The molecule has 0 atom stereocenters. The molecular weight excluding hydrogens is 162 g/mol. The first-order chi connectivity index (χ1) is 6.50. The Morgan fingerprint density at radius 1 is 0.846 bits per heavy atom. The van der Waals surface area contributed by atoms with E-state index in [-0.39, 0.29) is 0 Å². The van der Waals surface area contributed by atoms with Crippen LogP contribution in [-0.4, -0.2) is 6.54 Å². The molecule has 0 aliphatic carbocycles. The molecule has 0 amide bonds. The highest BCUT2D eigenvalue weighted by molar-refractivity contribution is 4.95. The lowest BCUT2D eigenvalue weighted by Crippen LogP contribution is -2.41. The Hall–Kier alpha value is -0.720. The Balaban J connectivity index is 2.12. The van der Waals surface area contributed by atoms with E-state index in [1.165, 1.54) is 38.5 Å². The normalized spacial score (nSPS) is 20.9. The minimum atomic E-state index is 1.01. The van der Waals surface area contributed by atoms with Gasteiger partial charge in [0.1, 0.15) is 0 Å². The van der Waals surface area contributed by atoms with Crippen LogP contribution in [-0.2, 0) is 0 Å². The summed E-state index contributed by atoms with van der Waals surface area (Å²) in [7, 11) is 0. The van der Waals surface area contributed by atoms with Crippen LogP contribution in [0.1, 0.15) is 44.9 Å². The topological polar surface area (TPSA) is 36.1 Å². The predicted octanol–water partition coefficient (Wildman–Crippen LogP) is 1.29. The zero-order valence-corrected chi connectivity index (χ0v) is 8.16.